The Kier molecular flexibility index (Phi) is 6.76. The molecule has 6 rings (SSSR count). The third kappa shape index (κ3) is 4.02. The minimum absolute atomic E-state index is 0.00200. The van der Waals surface area contributed by atoms with Crippen LogP contribution in [0.2, 0.25) is 5.02 Å². The Bertz CT molecular complexity index is 1630. The molecule has 0 saturated heterocycles. The van der Waals surface area contributed by atoms with Gasteiger partial charge in [0.2, 0.25) is 0 Å². The van der Waals surface area contributed by atoms with Gasteiger partial charge in [-0.3, -0.25) is 4.98 Å². The first-order chi connectivity index (χ1) is 19.6. The summed E-state index contributed by atoms with van der Waals surface area (Å²) < 4.78 is 17.8. The number of nitrogens with zero attached hydrogens (tertiary/aromatic N) is 3. The van der Waals surface area contributed by atoms with E-state index in [2.05, 4.69) is 9.97 Å². The summed E-state index contributed by atoms with van der Waals surface area (Å²) in [5.41, 5.74) is 0.548. The van der Waals surface area contributed by atoms with E-state index in [0.29, 0.717) is 11.3 Å². The molecule has 1 unspecified atom stereocenters. The Balaban J connectivity index is 1.77. The first kappa shape index (κ1) is 25.7. The first-order valence-electron chi connectivity index (χ1n) is 12.8. The van der Waals surface area contributed by atoms with Gasteiger partial charge >= 0.3 is 0 Å². The summed E-state index contributed by atoms with van der Waals surface area (Å²) in [4.78, 5) is 8.82. The van der Waals surface area contributed by atoms with Crippen LogP contribution in [0.15, 0.2) is 146 Å². The van der Waals surface area contributed by atoms with Crippen LogP contribution in [-0.4, -0.2) is 19.6 Å². The lowest BCUT2D eigenvalue weighted by atomic mass is 9.75. The van der Waals surface area contributed by atoms with Gasteiger partial charge in [-0.2, -0.15) is 0 Å². The number of aromatic nitrogens is 3. The zero-order valence-electron chi connectivity index (χ0n) is 21.4. The van der Waals surface area contributed by atoms with Crippen molar-refractivity contribution in [3.8, 4) is 0 Å². The van der Waals surface area contributed by atoms with Crippen LogP contribution in [0.5, 0.6) is 0 Å². The Labute approximate surface area is 237 Å². The molecule has 0 saturated carbocycles. The number of imidazole rings is 1. The Morgan fingerprint density at radius 2 is 1.18 bits per heavy atom. The van der Waals surface area contributed by atoms with Crippen LogP contribution in [-0.2, 0) is 11.1 Å². The quantitative estimate of drug-likeness (QED) is 0.216. The number of halogens is 2. The van der Waals surface area contributed by atoms with E-state index in [0.717, 1.165) is 16.7 Å². The highest BCUT2D eigenvalue weighted by atomic mass is 35.5. The summed E-state index contributed by atoms with van der Waals surface area (Å²) >= 11 is 6.26. The van der Waals surface area contributed by atoms with Crippen LogP contribution in [0.1, 0.15) is 33.5 Å². The van der Waals surface area contributed by atoms with Gasteiger partial charge in [0.15, 0.2) is 5.60 Å². The highest BCUT2D eigenvalue weighted by molar-refractivity contribution is 6.30. The molecule has 0 radical (unpaired) electrons. The van der Waals surface area contributed by atoms with Gasteiger partial charge in [-0.15, -0.1) is 0 Å². The van der Waals surface area contributed by atoms with Gasteiger partial charge in [0.25, 0.3) is 0 Å². The summed E-state index contributed by atoms with van der Waals surface area (Å²) in [5.74, 6) is -0.715. The van der Waals surface area contributed by atoms with Crippen molar-refractivity contribution < 1.29 is 9.50 Å². The second kappa shape index (κ2) is 10.5. The van der Waals surface area contributed by atoms with Crippen molar-refractivity contribution in [1.82, 2.24) is 14.5 Å². The molecule has 0 aliphatic carbocycles. The molecule has 40 heavy (non-hydrogen) atoms. The van der Waals surface area contributed by atoms with Crippen LogP contribution in [0.3, 0.4) is 0 Å². The van der Waals surface area contributed by atoms with Gasteiger partial charge in [0.05, 0.1) is 23.2 Å². The topological polar surface area (TPSA) is 50.9 Å². The Morgan fingerprint density at radius 3 is 1.70 bits per heavy atom. The van der Waals surface area contributed by atoms with Gasteiger partial charge in [-0.1, -0.05) is 121 Å². The van der Waals surface area contributed by atoms with E-state index in [9.17, 15) is 5.11 Å². The number of benzene rings is 4. The lowest BCUT2D eigenvalue weighted by Gasteiger charge is -2.41. The van der Waals surface area contributed by atoms with Crippen LogP contribution in [0.4, 0.5) is 4.39 Å². The van der Waals surface area contributed by atoms with Crippen LogP contribution in [0.25, 0.3) is 0 Å². The molecule has 196 valence electrons. The van der Waals surface area contributed by atoms with E-state index in [4.69, 9.17) is 11.6 Å². The summed E-state index contributed by atoms with van der Waals surface area (Å²) in [5, 5.41) is 12.7. The van der Waals surface area contributed by atoms with E-state index in [1.54, 1.807) is 43.0 Å². The first-order valence-corrected chi connectivity index (χ1v) is 13.2. The third-order valence-corrected chi connectivity index (χ3v) is 7.66. The highest BCUT2D eigenvalue weighted by Gasteiger charge is 2.46. The highest BCUT2D eigenvalue weighted by Crippen LogP contribution is 2.46. The van der Waals surface area contributed by atoms with E-state index >= 15 is 4.39 Å². The smallest absolute Gasteiger partial charge is 0.161 e. The van der Waals surface area contributed by atoms with Crippen molar-refractivity contribution in [3.05, 3.63) is 191 Å². The van der Waals surface area contributed by atoms with Crippen molar-refractivity contribution in [2.75, 3.05) is 0 Å². The van der Waals surface area contributed by atoms with Crippen molar-refractivity contribution in [2.45, 2.75) is 11.1 Å². The molecule has 2 aromatic heterocycles. The number of rotatable bonds is 7. The predicted octanol–water partition coefficient (Wildman–Crippen LogP) is 7.20. The predicted molar refractivity (Wildman–Crippen MR) is 155 cm³/mol. The van der Waals surface area contributed by atoms with E-state index in [1.807, 2.05) is 95.6 Å². The van der Waals surface area contributed by atoms with E-state index in [1.165, 1.54) is 12.3 Å². The monoisotopic (exact) mass is 545 g/mol. The maximum absolute atomic E-state index is 15.8. The minimum Gasteiger partial charge on any atom is -0.374 e. The zero-order valence-corrected chi connectivity index (χ0v) is 22.2. The number of hydrogen-bond acceptors (Lipinski definition) is 3. The van der Waals surface area contributed by atoms with Gasteiger partial charge in [-0.25, -0.2) is 9.37 Å². The molecule has 0 spiro atoms. The number of pyridine rings is 1. The van der Waals surface area contributed by atoms with E-state index < -0.39 is 17.0 Å². The molecule has 1 atom stereocenters. The summed E-state index contributed by atoms with van der Waals surface area (Å²) in [6.07, 6.45) is 6.41. The van der Waals surface area contributed by atoms with Crippen LogP contribution in [0, 0.1) is 5.82 Å². The molecule has 0 amide bonds. The lowest BCUT2D eigenvalue weighted by molar-refractivity contribution is 0.109. The average Bonchev–Trinajstić information content (AvgIpc) is 3.52. The number of hydrogen-bond donors (Lipinski definition) is 1. The fraction of sp³-hybridized carbons (Fsp3) is 0.0588. The van der Waals surface area contributed by atoms with E-state index in [-0.39, 0.29) is 10.6 Å². The SMILES string of the molecule is OC(c1cccnc1)(c1cccc(Cl)c1F)c1cncn1C(c1ccccc1)(c1ccccc1)c1ccccc1. The fourth-order valence-electron chi connectivity index (χ4n) is 5.59. The standard InChI is InChI=1S/C34H25ClFN3O/c35-30-20-10-19-29(32(30)36)34(40,28-18-11-21-37-22-28)31-23-38-24-39(31)33(25-12-4-1-5-13-25,26-14-6-2-7-15-26)27-16-8-3-9-17-27/h1-24,40H. The number of aliphatic hydroxyl groups is 1. The Morgan fingerprint density at radius 1 is 0.625 bits per heavy atom. The fourth-order valence-corrected chi connectivity index (χ4v) is 5.76. The summed E-state index contributed by atoms with van der Waals surface area (Å²) in [7, 11) is 0. The second-order valence-corrected chi connectivity index (χ2v) is 9.92. The van der Waals surface area contributed by atoms with Gasteiger partial charge in [0, 0.05) is 23.5 Å². The van der Waals surface area contributed by atoms with Gasteiger partial charge < -0.3 is 9.67 Å². The molecule has 0 aliphatic rings. The van der Waals surface area contributed by atoms with Crippen molar-refractivity contribution in [3.63, 3.8) is 0 Å². The largest absolute Gasteiger partial charge is 0.374 e. The molecule has 4 aromatic carbocycles. The molecule has 0 aliphatic heterocycles. The zero-order chi connectivity index (χ0) is 27.6. The molecule has 0 fully saturated rings. The molecular formula is C34H25ClFN3O. The van der Waals surface area contributed by atoms with Crippen molar-refractivity contribution in [2.24, 2.45) is 0 Å². The van der Waals surface area contributed by atoms with Crippen molar-refractivity contribution in [1.29, 1.82) is 0 Å². The molecular weight excluding hydrogens is 521 g/mol. The molecule has 4 nitrogen and oxygen atoms in total. The van der Waals surface area contributed by atoms with Crippen LogP contribution < -0.4 is 0 Å². The van der Waals surface area contributed by atoms with Crippen molar-refractivity contribution >= 4 is 11.6 Å². The molecule has 2 heterocycles. The summed E-state index contributed by atoms with van der Waals surface area (Å²) in [6, 6.07) is 38.1. The third-order valence-electron chi connectivity index (χ3n) is 7.37. The molecule has 6 aromatic rings. The van der Waals surface area contributed by atoms with Gasteiger partial charge in [-0.05, 0) is 28.8 Å². The average molecular weight is 546 g/mol. The summed E-state index contributed by atoms with van der Waals surface area (Å²) in [6.45, 7) is 0. The normalized spacial score (nSPS) is 13.1. The molecule has 0 bridgehead atoms. The molecule has 6 heteroatoms. The van der Waals surface area contributed by atoms with Crippen LogP contribution >= 0.6 is 11.6 Å². The Hall–Kier alpha value is -4.58. The lowest BCUT2D eigenvalue weighted by Crippen LogP contribution is -2.43. The van der Waals surface area contributed by atoms with Gasteiger partial charge in [0.1, 0.15) is 11.4 Å². The maximum atomic E-state index is 15.8. The second-order valence-electron chi connectivity index (χ2n) is 9.51. The minimum atomic E-state index is -2.00. The molecule has 1 N–H and O–H groups in total. The maximum Gasteiger partial charge on any atom is 0.161 e.